The molecule has 0 bridgehead atoms. The Balaban J connectivity index is 1.35. The number of likely N-dealkylation sites (N-methyl/N-ethyl adjacent to an activating group) is 2. The lowest BCUT2D eigenvalue weighted by atomic mass is 9.98. The third-order valence-corrected chi connectivity index (χ3v) is 8.95. The Morgan fingerprint density at radius 3 is 2.32 bits per heavy atom. The second-order valence-electron chi connectivity index (χ2n) is 12.3. The van der Waals surface area contributed by atoms with E-state index >= 15 is 0 Å². The maximum atomic E-state index is 14.5. The zero-order chi connectivity index (χ0) is 33.0. The number of fused-ring (bicyclic) bond motifs is 1. The van der Waals surface area contributed by atoms with Gasteiger partial charge in [0.15, 0.2) is 0 Å². The normalized spacial score (nSPS) is 15.6. The average Bonchev–Trinajstić information content (AvgIpc) is 3.63. The van der Waals surface area contributed by atoms with E-state index in [0.29, 0.717) is 32.4 Å². The summed E-state index contributed by atoms with van der Waals surface area (Å²) in [4.78, 5) is 48.8. The van der Waals surface area contributed by atoms with Crippen molar-refractivity contribution in [1.82, 2.24) is 25.4 Å². The minimum Gasteiger partial charge on any atom is -0.370 e. The van der Waals surface area contributed by atoms with Crippen molar-refractivity contribution in [2.45, 2.75) is 50.2 Å². The molecule has 4 aromatic rings. The van der Waals surface area contributed by atoms with Crippen LogP contribution in [-0.2, 0) is 38.4 Å². The van der Waals surface area contributed by atoms with Gasteiger partial charge in [0.25, 0.3) is 0 Å². The number of pyridine rings is 1. The second kappa shape index (κ2) is 16.8. The Morgan fingerprint density at radius 1 is 0.851 bits per heavy atom. The molecule has 2 heterocycles. The monoisotopic (exact) mass is 635 g/mol. The van der Waals surface area contributed by atoms with E-state index in [2.05, 4.69) is 21.7 Å². The molecule has 0 saturated carbocycles. The van der Waals surface area contributed by atoms with E-state index in [-0.39, 0.29) is 30.4 Å². The van der Waals surface area contributed by atoms with Crippen LogP contribution in [0.4, 0.5) is 0 Å². The van der Waals surface area contributed by atoms with Crippen LogP contribution in [0, 0.1) is 0 Å². The molecular formula is C38H45N5O4. The van der Waals surface area contributed by atoms with Gasteiger partial charge in [-0.2, -0.15) is 0 Å². The number of benzene rings is 3. The van der Waals surface area contributed by atoms with Crippen molar-refractivity contribution in [3.8, 4) is 0 Å². The Kier molecular flexibility index (Phi) is 12.1. The van der Waals surface area contributed by atoms with Gasteiger partial charge < -0.3 is 25.2 Å². The van der Waals surface area contributed by atoms with Gasteiger partial charge in [-0.15, -0.1) is 0 Å². The van der Waals surface area contributed by atoms with Crippen molar-refractivity contribution in [3.63, 3.8) is 0 Å². The second-order valence-corrected chi connectivity index (χ2v) is 12.3. The highest BCUT2D eigenvalue weighted by atomic mass is 16.5. The highest BCUT2D eigenvalue weighted by molar-refractivity contribution is 5.92. The summed E-state index contributed by atoms with van der Waals surface area (Å²) in [6, 6.07) is 26.3. The molecule has 1 aromatic heterocycles. The quantitative estimate of drug-likeness (QED) is 0.206. The molecule has 1 aliphatic rings. The fourth-order valence-corrected chi connectivity index (χ4v) is 6.07. The standard InChI is InChI=1S/C38H45N5O4/c1-42(36(44)27-47-26-33-13-8-19-40-33)35(25-30-14-15-31-11-6-7-12-32(31)23-30)38(46)43(2)34(24-29-9-4-3-5-10-29)37(45)41-22-18-28-16-20-39-21-17-28/h3-7,9-12,14-17,20-21,23,33-35,40H,8,13,18-19,22,24-27H2,1-2H3,(H,41,45)/t33-,34+,35+/m0/s1. The van der Waals surface area contributed by atoms with Gasteiger partial charge in [0.2, 0.25) is 17.7 Å². The molecule has 0 spiro atoms. The Bertz CT molecular complexity index is 1610. The number of ether oxygens (including phenoxy) is 1. The number of nitrogens with zero attached hydrogens (tertiary/aromatic N) is 3. The van der Waals surface area contributed by atoms with Gasteiger partial charge >= 0.3 is 0 Å². The van der Waals surface area contributed by atoms with Crippen molar-refractivity contribution in [2.24, 2.45) is 0 Å². The molecule has 1 fully saturated rings. The van der Waals surface area contributed by atoms with Crippen molar-refractivity contribution in [3.05, 3.63) is 114 Å². The first-order valence-electron chi connectivity index (χ1n) is 16.4. The molecule has 3 amide bonds. The van der Waals surface area contributed by atoms with Crippen LogP contribution in [0.15, 0.2) is 97.3 Å². The molecule has 9 nitrogen and oxygen atoms in total. The van der Waals surface area contributed by atoms with E-state index in [9.17, 15) is 14.4 Å². The van der Waals surface area contributed by atoms with E-state index in [4.69, 9.17) is 4.74 Å². The number of nitrogens with one attached hydrogen (secondary N) is 2. The Labute approximate surface area is 277 Å². The first kappa shape index (κ1) is 33.8. The van der Waals surface area contributed by atoms with E-state index in [1.807, 2.05) is 78.9 Å². The molecule has 1 saturated heterocycles. The van der Waals surface area contributed by atoms with E-state index in [1.165, 1.54) is 9.80 Å². The molecule has 246 valence electrons. The highest BCUT2D eigenvalue weighted by Crippen LogP contribution is 2.20. The van der Waals surface area contributed by atoms with Crippen LogP contribution in [0.2, 0.25) is 0 Å². The predicted octanol–water partition coefficient (Wildman–Crippen LogP) is 3.80. The van der Waals surface area contributed by atoms with E-state index in [0.717, 1.165) is 46.8 Å². The summed E-state index contributed by atoms with van der Waals surface area (Å²) in [7, 11) is 3.31. The molecule has 0 unspecified atom stereocenters. The summed E-state index contributed by atoms with van der Waals surface area (Å²) in [5.41, 5.74) is 2.92. The topological polar surface area (TPSA) is 104 Å². The zero-order valence-electron chi connectivity index (χ0n) is 27.3. The average molecular weight is 636 g/mol. The molecule has 0 radical (unpaired) electrons. The largest absolute Gasteiger partial charge is 0.370 e. The van der Waals surface area contributed by atoms with Crippen LogP contribution in [0.25, 0.3) is 10.8 Å². The van der Waals surface area contributed by atoms with Crippen LogP contribution < -0.4 is 10.6 Å². The summed E-state index contributed by atoms with van der Waals surface area (Å²) >= 11 is 0. The minimum absolute atomic E-state index is 0.122. The summed E-state index contributed by atoms with van der Waals surface area (Å²) in [6.07, 6.45) is 6.84. The summed E-state index contributed by atoms with van der Waals surface area (Å²) in [5.74, 6) is -0.835. The fraction of sp³-hybridized carbons (Fsp3) is 0.368. The van der Waals surface area contributed by atoms with Crippen LogP contribution in [-0.4, -0.2) is 91.0 Å². The maximum absolute atomic E-state index is 14.5. The molecular weight excluding hydrogens is 590 g/mol. The van der Waals surface area contributed by atoms with Crippen molar-refractivity contribution < 1.29 is 19.1 Å². The summed E-state index contributed by atoms with van der Waals surface area (Å²) < 4.78 is 5.80. The number of amides is 3. The van der Waals surface area contributed by atoms with Crippen LogP contribution in [0.3, 0.4) is 0 Å². The molecule has 1 aliphatic heterocycles. The SMILES string of the molecule is CN(C(=O)COC[C@@H]1CCCN1)[C@H](Cc1ccc2ccccc2c1)C(=O)N(C)[C@H](Cc1ccccc1)C(=O)NCCc1ccncc1. The lowest BCUT2D eigenvalue weighted by molar-refractivity contribution is -0.149. The van der Waals surface area contributed by atoms with Gasteiger partial charge in [-0.05, 0) is 65.4 Å². The number of rotatable bonds is 15. The third kappa shape index (κ3) is 9.47. The third-order valence-electron chi connectivity index (χ3n) is 8.95. The van der Waals surface area contributed by atoms with Gasteiger partial charge in [0.1, 0.15) is 18.7 Å². The summed E-state index contributed by atoms with van der Waals surface area (Å²) in [6.45, 7) is 1.70. The fourth-order valence-electron chi connectivity index (χ4n) is 6.07. The van der Waals surface area contributed by atoms with Crippen LogP contribution in [0.5, 0.6) is 0 Å². The smallest absolute Gasteiger partial charge is 0.249 e. The number of aromatic nitrogens is 1. The lowest BCUT2D eigenvalue weighted by Crippen LogP contribution is -2.56. The molecule has 3 aromatic carbocycles. The number of carbonyl (C=O) groups is 3. The van der Waals surface area contributed by atoms with E-state index < -0.39 is 12.1 Å². The van der Waals surface area contributed by atoms with Gasteiger partial charge in [-0.25, -0.2) is 0 Å². The highest BCUT2D eigenvalue weighted by Gasteiger charge is 2.35. The molecule has 0 aliphatic carbocycles. The zero-order valence-corrected chi connectivity index (χ0v) is 27.3. The van der Waals surface area contributed by atoms with Gasteiger partial charge in [-0.1, -0.05) is 72.8 Å². The van der Waals surface area contributed by atoms with E-state index in [1.54, 1.807) is 26.5 Å². The molecule has 47 heavy (non-hydrogen) atoms. The van der Waals surface area contributed by atoms with Crippen LogP contribution >= 0.6 is 0 Å². The van der Waals surface area contributed by atoms with Crippen molar-refractivity contribution >= 4 is 28.5 Å². The van der Waals surface area contributed by atoms with Gasteiger partial charge in [0, 0.05) is 51.9 Å². The van der Waals surface area contributed by atoms with Crippen molar-refractivity contribution in [2.75, 3.05) is 40.4 Å². The van der Waals surface area contributed by atoms with Gasteiger partial charge in [-0.3, -0.25) is 19.4 Å². The van der Waals surface area contributed by atoms with Crippen molar-refractivity contribution in [1.29, 1.82) is 0 Å². The predicted molar refractivity (Wildman–Crippen MR) is 184 cm³/mol. The Morgan fingerprint density at radius 2 is 1.57 bits per heavy atom. The number of hydrogen-bond donors (Lipinski definition) is 2. The lowest BCUT2D eigenvalue weighted by Gasteiger charge is -2.34. The summed E-state index contributed by atoms with van der Waals surface area (Å²) in [5, 5.41) is 8.58. The minimum atomic E-state index is -0.843. The Hall–Kier alpha value is -4.60. The number of hydrogen-bond acceptors (Lipinski definition) is 6. The maximum Gasteiger partial charge on any atom is 0.249 e. The van der Waals surface area contributed by atoms with Crippen LogP contribution in [0.1, 0.15) is 29.5 Å². The van der Waals surface area contributed by atoms with Gasteiger partial charge in [0.05, 0.1) is 6.61 Å². The number of carbonyl (C=O) groups excluding carboxylic acids is 3. The molecule has 3 atom stereocenters. The first-order chi connectivity index (χ1) is 22.9. The first-order valence-corrected chi connectivity index (χ1v) is 16.4. The molecule has 9 heteroatoms. The molecule has 2 N–H and O–H groups in total. The molecule has 5 rings (SSSR count).